The van der Waals surface area contributed by atoms with Gasteiger partial charge in [-0.2, -0.15) is 0 Å². The van der Waals surface area contributed by atoms with Crippen LogP contribution in [-0.4, -0.2) is 24.4 Å². The van der Waals surface area contributed by atoms with Gasteiger partial charge in [-0.25, -0.2) is 0 Å². The van der Waals surface area contributed by atoms with E-state index in [1.807, 2.05) is 32.0 Å². The summed E-state index contributed by atoms with van der Waals surface area (Å²) in [6, 6.07) is 5.77. The minimum atomic E-state index is -0.179. The summed E-state index contributed by atoms with van der Waals surface area (Å²) in [6.45, 7) is 4.69. The zero-order valence-corrected chi connectivity index (χ0v) is 9.36. The predicted molar refractivity (Wildman–Crippen MR) is 61.1 cm³/mol. The normalized spacial score (nSPS) is 12.5. The molecule has 0 saturated carbocycles. The van der Waals surface area contributed by atoms with E-state index in [0.29, 0.717) is 13.0 Å². The summed E-state index contributed by atoms with van der Waals surface area (Å²) < 4.78 is 5.39. The molecular weight excluding hydrogens is 190 g/mol. The van der Waals surface area contributed by atoms with Gasteiger partial charge in [0.25, 0.3) is 0 Å². The fourth-order valence-electron chi connectivity index (χ4n) is 1.50. The molecule has 0 spiro atoms. The van der Waals surface area contributed by atoms with Gasteiger partial charge >= 0.3 is 0 Å². The Hall–Kier alpha value is -1.06. The molecule has 1 aromatic carbocycles. The van der Waals surface area contributed by atoms with Gasteiger partial charge in [0.2, 0.25) is 0 Å². The van der Waals surface area contributed by atoms with E-state index in [0.717, 1.165) is 11.3 Å². The second-order valence-electron chi connectivity index (χ2n) is 3.67. The lowest BCUT2D eigenvalue weighted by molar-refractivity contribution is 0.265. The largest absolute Gasteiger partial charge is 0.494 e. The first kappa shape index (κ1) is 12.0. The van der Waals surface area contributed by atoms with Crippen molar-refractivity contribution < 1.29 is 9.84 Å². The highest BCUT2D eigenvalue weighted by atomic mass is 16.5. The van der Waals surface area contributed by atoms with Gasteiger partial charge < -0.3 is 15.6 Å². The molecule has 0 radical (unpaired) electrons. The van der Waals surface area contributed by atoms with E-state index in [9.17, 15) is 0 Å². The van der Waals surface area contributed by atoms with Crippen LogP contribution in [-0.2, 0) is 6.42 Å². The number of aryl methyl sites for hydroxylation is 1. The highest BCUT2D eigenvalue weighted by molar-refractivity contribution is 5.35. The van der Waals surface area contributed by atoms with Crippen LogP contribution in [0.4, 0.5) is 0 Å². The van der Waals surface area contributed by atoms with Gasteiger partial charge in [0.05, 0.1) is 13.2 Å². The van der Waals surface area contributed by atoms with E-state index in [2.05, 4.69) is 0 Å². The lowest BCUT2D eigenvalue weighted by Gasteiger charge is -2.12. The molecule has 0 aliphatic carbocycles. The topological polar surface area (TPSA) is 55.5 Å². The summed E-state index contributed by atoms with van der Waals surface area (Å²) in [5.41, 5.74) is 8.01. The summed E-state index contributed by atoms with van der Waals surface area (Å²) in [4.78, 5) is 0. The van der Waals surface area contributed by atoms with Crippen LogP contribution in [0.25, 0.3) is 0 Å². The minimum Gasteiger partial charge on any atom is -0.494 e. The Morgan fingerprint density at radius 3 is 2.73 bits per heavy atom. The lowest BCUT2D eigenvalue weighted by atomic mass is 10.0. The molecule has 0 aliphatic heterocycles. The SMILES string of the molecule is CCOc1ccc(CC(N)CO)c(C)c1. The van der Waals surface area contributed by atoms with Crippen molar-refractivity contribution in [3.05, 3.63) is 29.3 Å². The van der Waals surface area contributed by atoms with E-state index in [1.54, 1.807) is 0 Å². The maximum absolute atomic E-state index is 8.88. The van der Waals surface area contributed by atoms with Crippen LogP contribution >= 0.6 is 0 Å². The Bertz CT molecular complexity index is 312. The van der Waals surface area contributed by atoms with Crippen molar-refractivity contribution in [2.24, 2.45) is 5.73 Å². The van der Waals surface area contributed by atoms with Gasteiger partial charge in [0.15, 0.2) is 0 Å². The average Bonchev–Trinajstić information content (AvgIpc) is 2.22. The van der Waals surface area contributed by atoms with Crippen molar-refractivity contribution in [1.82, 2.24) is 0 Å². The van der Waals surface area contributed by atoms with Crippen molar-refractivity contribution >= 4 is 0 Å². The van der Waals surface area contributed by atoms with Crippen LogP contribution < -0.4 is 10.5 Å². The predicted octanol–water partition coefficient (Wildman–Crippen LogP) is 1.26. The average molecular weight is 209 g/mol. The molecular formula is C12H19NO2. The highest BCUT2D eigenvalue weighted by Gasteiger charge is 2.05. The Morgan fingerprint density at radius 2 is 2.20 bits per heavy atom. The first-order valence-corrected chi connectivity index (χ1v) is 5.26. The van der Waals surface area contributed by atoms with E-state index < -0.39 is 0 Å². The fourth-order valence-corrected chi connectivity index (χ4v) is 1.50. The van der Waals surface area contributed by atoms with E-state index >= 15 is 0 Å². The third kappa shape index (κ3) is 3.53. The zero-order valence-electron chi connectivity index (χ0n) is 9.36. The molecule has 0 fully saturated rings. The van der Waals surface area contributed by atoms with Crippen molar-refractivity contribution in [3.8, 4) is 5.75 Å². The molecule has 1 atom stereocenters. The first-order valence-electron chi connectivity index (χ1n) is 5.26. The van der Waals surface area contributed by atoms with E-state index in [1.165, 1.54) is 5.56 Å². The number of hydrogen-bond donors (Lipinski definition) is 2. The van der Waals surface area contributed by atoms with Crippen LogP contribution in [0.3, 0.4) is 0 Å². The Morgan fingerprint density at radius 1 is 1.47 bits per heavy atom. The smallest absolute Gasteiger partial charge is 0.119 e. The van der Waals surface area contributed by atoms with Crippen molar-refractivity contribution in [1.29, 1.82) is 0 Å². The third-order valence-electron chi connectivity index (χ3n) is 2.34. The van der Waals surface area contributed by atoms with Crippen molar-refractivity contribution in [3.63, 3.8) is 0 Å². The molecule has 15 heavy (non-hydrogen) atoms. The monoisotopic (exact) mass is 209 g/mol. The molecule has 0 amide bonds. The van der Waals surface area contributed by atoms with Crippen molar-refractivity contribution in [2.45, 2.75) is 26.3 Å². The van der Waals surface area contributed by atoms with E-state index in [-0.39, 0.29) is 12.6 Å². The molecule has 0 aromatic heterocycles. The van der Waals surface area contributed by atoms with Crippen LogP contribution in [0, 0.1) is 6.92 Å². The zero-order chi connectivity index (χ0) is 11.3. The highest BCUT2D eigenvalue weighted by Crippen LogP contribution is 2.18. The van der Waals surface area contributed by atoms with Gasteiger partial charge in [0, 0.05) is 6.04 Å². The number of ether oxygens (including phenoxy) is 1. The number of hydrogen-bond acceptors (Lipinski definition) is 3. The number of nitrogens with two attached hydrogens (primary N) is 1. The number of aliphatic hydroxyl groups is 1. The molecule has 3 N–H and O–H groups in total. The first-order chi connectivity index (χ1) is 7.17. The van der Waals surface area contributed by atoms with Gasteiger partial charge in [-0.15, -0.1) is 0 Å². The third-order valence-corrected chi connectivity index (χ3v) is 2.34. The maximum atomic E-state index is 8.88. The minimum absolute atomic E-state index is 0.0205. The Balaban J connectivity index is 2.74. The molecule has 3 nitrogen and oxygen atoms in total. The second kappa shape index (κ2) is 5.73. The molecule has 0 saturated heterocycles. The molecule has 0 aliphatic rings. The van der Waals surface area contributed by atoms with E-state index in [4.69, 9.17) is 15.6 Å². The number of rotatable bonds is 5. The maximum Gasteiger partial charge on any atom is 0.119 e. The number of benzene rings is 1. The number of aliphatic hydroxyl groups excluding tert-OH is 1. The summed E-state index contributed by atoms with van der Waals surface area (Å²) in [5, 5.41) is 8.88. The molecule has 3 heteroatoms. The van der Waals surface area contributed by atoms with Gasteiger partial charge in [-0.3, -0.25) is 0 Å². The molecule has 84 valence electrons. The Kier molecular flexibility index (Phi) is 4.59. The van der Waals surface area contributed by atoms with Crippen LogP contribution in [0.1, 0.15) is 18.1 Å². The molecule has 1 rings (SSSR count). The Labute approximate surface area is 90.9 Å². The van der Waals surface area contributed by atoms with Gasteiger partial charge in [0.1, 0.15) is 5.75 Å². The van der Waals surface area contributed by atoms with Crippen LogP contribution in [0.15, 0.2) is 18.2 Å². The fraction of sp³-hybridized carbons (Fsp3) is 0.500. The molecule has 1 unspecified atom stereocenters. The van der Waals surface area contributed by atoms with Crippen molar-refractivity contribution in [2.75, 3.05) is 13.2 Å². The molecule has 0 heterocycles. The van der Waals surface area contributed by atoms with Crippen LogP contribution in [0.5, 0.6) is 5.75 Å². The summed E-state index contributed by atoms with van der Waals surface area (Å²) >= 11 is 0. The summed E-state index contributed by atoms with van der Waals surface area (Å²) in [6.07, 6.45) is 0.703. The van der Waals surface area contributed by atoms with Gasteiger partial charge in [-0.1, -0.05) is 6.07 Å². The quantitative estimate of drug-likeness (QED) is 0.767. The standard InChI is InChI=1S/C12H19NO2/c1-3-15-12-5-4-10(9(2)6-12)7-11(13)8-14/h4-6,11,14H,3,7-8,13H2,1-2H3. The second-order valence-corrected chi connectivity index (χ2v) is 3.67. The molecule has 0 bridgehead atoms. The summed E-state index contributed by atoms with van der Waals surface area (Å²) in [7, 11) is 0. The molecule has 1 aromatic rings. The van der Waals surface area contributed by atoms with Crippen LogP contribution in [0.2, 0.25) is 0 Å². The van der Waals surface area contributed by atoms with Gasteiger partial charge in [-0.05, 0) is 43.5 Å². The summed E-state index contributed by atoms with van der Waals surface area (Å²) in [5.74, 6) is 0.885. The lowest BCUT2D eigenvalue weighted by Crippen LogP contribution is -2.27.